The lowest BCUT2D eigenvalue weighted by atomic mass is 10.3. The standard InChI is InChI=1S/C10H12N4.H2/c1-2-12-9-3-5-10(6-4-9)14-8-11-7-13-14;/h3-8,12H,2H2,1H3;1H. The maximum Gasteiger partial charge on any atom is 0.138 e. The predicted molar refractivity (Wildman–Crippen MR) is 57.6 cm³/mol. The zero-order valence-electron chi connectivity index (χ0n) is 8.01. The number of hydrogen-bond donors (Lipinski definition) is 1. The predicted octanol–water partition coefficient (Wildman–Crippen LogP) is 1.95. The van der Waals surface area contributed by atoms with Gasteiger partial charge in [0.1, 0.15) is 12.7 Å². The van der Waals surface area contributed by atoms with Crippen molar-refractivity contribution in [3.05, 3.63) is 36.9 Å². The average Bonchev–Trinajstić information content (AvgIpc) is 2.72. The van der Waals surface area contributed by atoms with Crippen LogP contribution in [0.4, 0.5) is 5.69 Å². The van der Waals surface area contributed by atoms with Gasteiger partial charge in [0.25, 0.3) is 0 Å². The van der Waals surface area contributed by atoms with Gasteiger partial charge in [0.15, 0.2) is 0 Å². The van der Waals surface area contributed by atoms with E-state index in [0.717, 1.165) is 17.9 Å². The molecule has 0 spiro atoms. The minimum absolute atomic E-state index is 0. The summed E-state index contributed by atoms with van der Waals surface area (Å²) in [6, 6.07) is 8.07. The number of anilines is 1. The van der Waals surface area contributed by atoms with Crippen molar-refractivity contribution < 1.29 is 1.43 Å². The van der Waals surface area contributed by atoms with Crippen LogP contribution in [0.5, 0.6) is 0 Å². The summed E-state index contributed by atoms with van der Waals surface area (Å²) in [5.41, 5.74) is 2.14. The minimum Gasteiger partial charge on any atom is -0.385 e. The van der Waals surface area contributed by atoms with E-state index in [0.29, 0.717) is 0 Å². The summed E-state index contributed by atoms with van der Waals surface area (Å²) in [6.45, 7) is 3.01. The first kappa shape index (κ1) is 8.74. The number of hydrogen-bond acceptors (Lipinski definition) is 3. The summed E-state index contributed by atoms with van der Waals surface area (Å²) >= 11 is 0. The van der Waals surface area contributed by atoms with Crippen LogP contribution >= 0.6 is 0 Å². The molecule has 4 nitrogen and oxygen atoms in total. The number of nitrogens with zero attached hydrogens (tertiary/aromatic N) is 3. The maximum absolute atomic E-state index is 4.05. The molecule has 14 heavy (non-hydrogen) atoms. The van der Waals surface area contributed by atoms with Gasteiger partial charge < -0.3 is 5.32 Å². The normalized spacial score (nSPS) is 10.1. The number of benzene rings is 1. The monoisotopic (exact) mass is 190 g/mol. The third-order valence-corrected chi connectivity index (χ3v) is 1.93. The molecule has 0 saturated carbocycles. The Labute approximate surface area is 84.1 Å². The molecule has 0 amide bonds. The van der Waals surface area contributed by atoms with Crippen LogP contribution in [0.3, 0.4) is 0 Å². The van der Waals surface area contributed by atoms with Gasteiger partial charge in [-0.3, -0.25) is 0 Å². The van der Waals surface area contributed by atoms with Gasteiger partial charge in [-0.15, -0.1) is 0 Å². The fraction of sp³-hybridized carbons (Fsp3) is 0.200. The highest BCUT2D eigenvalue weighted by Crippen LogP contribution is 2.11. The van der Waals surface area contributed by atoms with Crippen molar-refractivity contribution in [2.75, 3.05) is 11.9 Å². The van der Waals surface area contributed by atoms with Gasteiger partial charge in [0.05, 0.1) is 5.69 Å². The van der Waals surface area contributed by atoms with Gasteiger partial charge in [0, 0.05) is 13.7 Å². The minimum atomic E-state index is 0. The van der Waals surface area contributed by atoms with E-state index < -0.39 is 0 Å². The summed E-state index contributed by atoms with van der Waals surface area (Å²) in [7, 11) is 0. The second kappa shape index (κ2) is 3.91. The Bertz CT molecular complexity index is 382. The topological polar surface area (TPSA) is 42.7 Å². The molecular formula is C10H14N4. The summed E-state index contributed by atoms with van der Waals surface area (Å²) in [5.74, 6) is 0. The van der Waals surface area contributed by atoms with Crippen molar-refractivity contribution in [2.24, 2.45) is 0 Å². The Morgan fingerprint density at radius 2 is 2.14 bits per heavy atom. The molecular weight excluding hydrogens is 176 g/mol. The van der Waals surface area contributed by atoms with Crippen molar-refractivity contribution in [3.8, 4) is 5.69 Å². The van der Waals surface area contributed by atoms with Gasteiger partial charge in [0.2, 0.25) is 0 Å². The lowest BCUT2D eigenvalue weighted by Crippen LogP contribution is -1.98. The number of rotatable bonds is 3. The quantitative estimate of drug-likeness (QED) is 0.804. The molecule has 0 atom stereocenters. The van der Waals surface area contributed by atoms with Crippen molar-refractivity contribution in [2.45, 2.75) is 6.92 Å². The number of aromatic nitrogens is 3. The molecule has 1 aromatic carbocycles. The molecule has 1 N–H and O–H groups in total. The molecule has 0 bridgehead atoms. The van der Waals surface area contributed by atoms with Gasteiger partial charge in [-0.1, -0.05) is 0 Å². The van der Waals surface area contributed by atoms with Crippen molar-refractivity contribution >= 4 is 5.69 Å². The average molecular weight is 190 g/mol. The highest BCUT2D eigenvalue weighted by atomic mass is 15.3. The van der Waals surface area contributed by atoms with E-state index in [4.69, 9.17) is 0 Å². The Kier molecular flexibility index (Phi) is 2.44. The molecule has 1 aromatic heterocycles. The molecule has 0 aliphatic rings. The Morgan fingerprint density at radius 3 is 2.71 bits per heavy atom. The van der Waals surface area contributed by atoms with Crippen molar-refractivity contribution in [1.82, 2.24) is 14.8 Å². The number of nitrogens with one attached hydrogen (secondary N) is 1. The molecule has 74 valence electrons. The van der Waals surface area contributed by atoms with Crippen LogP contribution in [0.1, 0.15) is 8.35 Å². The van der Waals surface area contributed by atoms with E-state index in [9.17, 15) is 0 Å². The van der Waals surface area contributed by atoms with E-state index in [1.807, 2.05) is 24.3 Å². The third-order valence-electron chi connectivity index (χ3n) is 1.93. The highest BCUT2D eigenvalue weighted by molar-refractivity contribution is 5.48. The van der Waals surface area contributed by atoms with Gasteiger partial charge in [-0.25, -0.2) is 9.67 Å². The highest BCUT2D eigenvalue weighted by Gasteiger charge is 1.95. The van der Waals surface area contributed by atoms with Crippen molar-refractivity contribution in [3.63, 3.8) is 0 Å². The van der Waals surface area contributed by atoms with Gasteiger partial charge in [-0.2, -0.15) is 5.10 Å². The first-order valence-electron chi connectivity index (χ1n) is 4.59. The van der Waals surface area contributed by atoms with E-state index in [2.05, 4.69) is 22.3 Å². The van der Waals surface area contributed by atoms with E-state index >= 15 is 0 Å². The Morgan fingerprint density at radius 1 is 1.36 bits per heavy atom. The third kappa shape index (κ3) is 1.74. The van der Waals surface area contributed by atoms with Crippen LogP contribution in [0.2, 0.25) is 0 Å². The molecule has 2 aromatic rings. The second-order valence-corrected chi connectivity index (χ2v) is 2.92. The fourth-order valence-electron chi connectivity index (χ4n) is 1.28. The largest absolute Gasteiger partial charge is 0.385 e. The van der Waals surface area contributed by atoms with Crippen LogP contribution in [-0.4, -0.2) is 21.3 Å². The van der Waals surface area contributed by atoms with E-state index in [1.54, 1.807) is 11.0 Å². The van der Waals surface area contributed by atoms with Gasteiger partial charge in [-0.05, 0) is 31.2 Å². The first-order valence-corrected chi connectivity index (χ1v) is 4.59. The lowest BCUT2D eigenvalue weighted by molar-refractivity contribution is 0.879. The molecule has 1 heterocycles. The Balaban J connectivity index is 0.00000112. The Hall–Kier alpha value is -1.84. The molecule has 0 fully saturated rings. The van der Waals surface area contributed by atoms with E-state index in [1.165, 1.54) is 6.33 Å². The zero-order valence-corrected chi connectivity index (χ0v) is 8.01. The lowest BCUT2D eigenvalue weighted by Gasteiger charge is -2.04. The second-order valence-electron chi connectivity index (χ2n) is 2.92. The molecule has 4 heteroatoms. The van der Waals surface area contributed by atoms with Gasteiger partial charge >= 0.3 is 0 Å². The van der Waals surface area contributed by atoms with Crippen LogP contribution in [0, 0.1) is 0 Å². The first-order chi connectivity index (χ1) is 6.90. The maximum atomic E-state index is 4.05. The van der Waals surface area contributed by atoms with Crippen LogP contribution < -0.4 is 5.32 Å². The zero-order chi connectivity index (χ0) is 9.80. The molecule has 0 unspecified atom stereocenters. The summed E-state index contributed by atoms with van der Waals surface area (Å²) in [6.07, 6.45) is 3.21. The summed E-state index contributed by atoms with van der Waals surface area (Å²) in [5, 5.41) is 7.28. The fourth-order valence-corrected chi connectivity index (χ4v) is 1.28. The van der Waals surface area contributed by atoms with Crippen LogP contribution in [-0.2, 0) is 0 Å². The van der Waals surface area contributed by atoms with Crippen LogP contribution in [0.25, 0.3) is 5.69 Å². The molecule has 0 saturated heterocycles. The smallest absolute Gasteiger partial charge is 0.138 e. The van der Waals surface area contributed by atoms with Crippen molar-refractivity contribution in [1.29, 1.82) is 0 Å². The van der Waals surface area contributed by atoms with Crippen LogP contribution in [0.15, 0.2) is 36.9 Å². The summed E-state index contributed by atoms with van der Waals surface area (Å²) < 4.78 is 1.73. The summed E-state index contributed by atoms with van der Waals surface area (Å²) in [4.78, 5) is 3.89. The molecule has 0 aliphatic carbocycles. The van der Waals surface area contributed by atoms with E-state index in [-0.39, 0.29) is 1.43 Å². The molecule has 0 aliphatic heterocycles. The molecule has 0 radical (unpaired) electrons. The molecule has 2 rings (SSSR count). The SMILES string of the molecule is CCNc1ccc(-n2cncn2)cc1.[HH].